The first-order chi connectivity index (χ1) is 11.5. The number of ether oxygens (including phenoxy) is 1. The molecular weight excluding hydrogens is 306 g/mol. The number of carbonyl (C=O) groups excluding carboxylic acids is 1. The maximum absolute atomic E-state index is 12.3. The van der Waals surface area contributed by atoms with Gasteiger partial charge in [0, 0.05) is 18.0 Å². The molecule has 0 radical (unpaired) electrons. The number of nitrogens with one attached hydrogen (secondary N) is 1. The largest absolute Gasteiger partial charge is 0.497 e. The zero-order valence-corrected chi connectivity index (χ0v) is 14.2. The van der Waals surface area contributed by atoms with Crippen LogP contribution in [0.1, 0.15) is 25.7 Å². The molecule has 1 aromatic carbocycles. The minimum atomic E-state index is -0.116. The third-order valence-electron chi connectivity index (χ3n) is 3.72. The molecule has 0 saturated heterocycles. The van der Waals surface area contributed by atoms with Crippen molar-refractivity contribution in [1.29, 1.82) is 0 Å². The summed E-state index contributed by atoms with van der Waals surface area (Å²) in [6.07, 6.45) is 1.62. The Hall–Kier alpha value is -2.67. The van der Waals surface area contributed by atoms with Crippen molar-refractivity contribution in [1.82, 2.24) is 14.9 Å². The summed E-state index contributed by atoms with van der Waals surface area (Å²) in [7, 11) is 1.59. The smallest absolute Gasteiger partial charge is 0.238 e. The molecule has 1 aromatic heterocycles. The second-order valence-corrected chi connectivity index (χ2v) is 5.36. The van der Waals surface area contributed by atoms with Crippen LogP contribution in [-0.4, -0.2) is 41.0 Å². The molecule has 7 nitrogen and oxygen atoms in total. The van der Waals surface area contributed by atoms with Gasteiger partial charge in [0.25, 0.3) is 0 Å². The van der Waals surface area contributed by atoms with Gasteiger partial charge in [0.1, 0.15) is 17.4 Å². The van der Waals surface area contributed by atoms with Gasteiger partial charge >= 0.3 is 0 Å². The summed E-state index contributed by atoms with van der Waals surface area (Å²) in [6, 6.07) is 8.78. The van der Waals surface area contributed by atoms with Gasteiger partial charge in [-0.25, -0.2) is 9.97 Å². The van der Waals surface area contributed by atoms with E-state index >= 15 is 0 Å². The van der Waals surface area contributed by atoms with Crippen molar-refractivity contribution in [2.75, 3.05) is 31.2 Å². The van der Waals surface area contributed by atoms with Crippen LogP contribution >= 0.6 is 0 Å². The summed E-state index contributed by atoms with van der Waals surface area (Å²) >= 11 is 0. The van der Waals surface area contributed by atoms with Gasteiger partial charge in [-0.05, 0) is 31.7 Å². The first-order valence-electron chi connectivity index (χ1n) is 7.79. The fourth-order valence-corrected chi connectivity index (χ4v) is 2.36. The van der Waals surface area contributed by atoms with Crippen LogP contribution in [0.3, 0.4) is 0 Å². The normalized spacial score (nSPS) is 12.0. The average molecular weight is 329 g/mol. The molecule has 24 heavy (non-hydrogen) atoms. The number of anilines is 2. The summed E-state index contributed by atoms with van der Waals surface area (Å²) in [5.41, 5.74) is 6.41. The van der Waals surface area contributed by atoms with Crippen LogP contribution in [0.25, 0.3) is 0 Å². The topological polar surface area (TPSA) is 93.4 Å². The van der Waals surface area contributed by atoms with Crippen LogP contribution in [0.15, 0.2) is 36.5 Å². The number of methoxy groups -OCH3 is 1. The Labute approximate surface area is 141 Å². The van der Waals surface area contributed by atoms with E-state index in [-0.39, 0.29) is 18.5 Å². The Balaban J connectivity index is 2.02. The Kier molecular flexibility index (Phi) is 6.08. The highest BCUT2D eigenvalue weighted by atomic mass is 16.5. The highest BCUT2D eigenvalue weighted by Crippen LogP contribution is 2.18. The number of rotatable bonds is 7. The number of carbonyl (C=O) groups is 1. The molecule has 1 atom stereocenters. The SMILES string of the molecule is CCN(CC(=O)Nc1cccc(OC)c1)[C@H](C)c1nccc(N)n1. The summed E-state index contributed by atoms with van der Waals surface area (Å²) < 4.78 is 5.16. The van der Waals surface area contributed by atoms with Crippen LogP contribution < -0.4 is 15.8 Å². The molecule has 0 aliphatic heterocycles. The average Bonchev–Trinajstić information content (AvgIpc) is 2.59. The maximum Gasteiger partial charge on any atom is 0.238 e. The number of amides is 1. The molecule has 1 amide bonds. The molecule has 2 aromatic rings. The quantitative estimate of drug-likeness (QED) is 0.808. The molecular formula is C17H23N5O2. The van der Waals surface area contributed by atoms with Crippen molar-refractivity contribution in [2.45, 2.75) is 19.9 Å². The van der Waals surface area contributed by atoms with Gasteiger partial charge in [-0.15, -0.1) is 0 Å². The monoisotopic (exact) mass is 329 g/mol. The summed E-state index contributed by atoms with van der Waals surface area (Å²) in [6.45, 7) is 4.86. The van der Waals surface area contributed by atoms with Crippen molar-refractivity contribution in [3.05, 3.63) is 42.4 Å². The molecule has 0 spiro atoms. The van der Waals surface area contributed by atoms with Gasteiger partial charge in [0.15, 0.2) is 0 Å². The van der Waals surface area contributed by atoms with Crippen molar-refractivity contribution >= 4 is 17.4 Å². The first-order valence-corrected chi connectivity index (χ1v) is 7.79. The molecule has 0 aliphatic rings. The van der Waals surface area contributed by atoms with Gasteiger partial charge in [-0.1, -0.05) is 13.0 Å². The van der Waals surface area contributed by atoms with E-state index in [2.05, 4.69) is 15.3 Å². The zero-order chi connectivity index (χ0) is 17.5. The minimum Gasteiger partial charge on any atom is -0.497 e. The molecule has 2 rings (SSSR count). The number of benzene rings is 1. The Morgan fingerprint density at radius 3 is 2.88 bits per heavy atom. The number of nitrogens with zero attached hydrogens (tertiary/aromatic N) is 3. The van der Waals surface area contributed by atoms with Gasteiger partial charge in [-0.3, -0.25) is 9.69 Å². The Morgan fingerprint density at radius 2 is 2.21 bits per heavy atom. The summed E-state index contributed by atoms with van der Waals surface area (Å²) in [5, 5.41) is 2.87. The van der Waals surface area contributed by atoms with Crippen LogP contribution in [0.5, 0.6) is 5.75 Å². The first kappa shape index (κ1) is 17.7. The predicted octanol–water partition coefficient (Wildman–Crippen LogP) is 2.09. The number of aromatic nitrogens is 2. The van der Waals surface area contributed by atoms with Crippen LogP contribution in [0.4, 0.5) is 11.5 Å². The number of nitrogen functional groups attached to an aromatic ring is 1. The van der Waals surface area contributed by atoms with E-state index in [1.54, 1.807) is 25.4 Å². The Morgan fingerprint density at radius 1 is 1.42 bits per heavy atom. The lowest BCUT2D eigenvalue weighted by molar-refractivity contribution is -0.117. The number of likely N-dealkylation sites (N-methyl/N-ethyl adjacent to an activating group) is 1. The number of hydrogen-bond donors (Lipinski definition) is 2. The van der Waals surface area contributed by atoms with Crippen LogP contribution in [0.2, 0.25) is 0 Å². The van der Waals surface area contributed by atoms with E-state index in [0.29, 0.717) is 29.6 Å². The molecule has 0 aliphatic carbocycles. The maximum atomic E-state index is 12.3. The second-order valence-electron chi connectivity index (χ2n) is 5.36. The lowest BCUT2D eigenvalue weighted by atomic mass is 10.2. The number of hydrogen-bond acceptors (Lipinski definition) is 6. The third kappa shape index (κ3) is 4.66. The molecule has 128 valence electrons. The molecule has 0 unspecified atom stereocenters. The third-order valence-corrected chi connectivity index (χ3v) is 3.72. The van der Waals surface area contributed by atoms with E-state index in [9.17, 15) is 4.79 Å². The highest BCUT2D eigenvalue weighted by molar-refractivity contribution is 5.92. The molecule has 7 heteroatoms. The second kappa shape index (κ2) is 8.26. The van der Waals surface area contributed by atoms with Crippen molar-refractivity contribution in [2.24, 2.45) is 0 Å². The lowest BCUT2D eigenvalue weighted by Crippen LogP contribution is -2.35. The predicted molar refractivity (Wildman–Crippen MR) is 93.7 cm³/mol. The van der Waals surface area contributed by atoms with Gasteiger partial charge in [0.05, 0.1) is 19.7 Å². The molecule has 0 bridgehead atoms. The van der Waals surface area contributed by atoms with Gasteiger partial charge in [-0.2, -0.15) is 0 Å². The highest BCUT2D eigenvalue weighted by Gasteiger charge is 2.19. The van der Waals surface area contributed by atoms with Crippen molar-refractivity contribution < 1.29 is 9.53 Å². The van der Waals surface area contributed by atoms with Crippen molar-refractivity contribution in [3.63, 3.8) is 0 Å². The van der Waals surface area contributed by atoms with Crippen molar-refractivity contribution in [3.8, 4) is 5.75 Å². The summed E-state index contributed by atoms with van der Waals surface area (Å²) in [4.78, 5) is 22.8. The molecule has 3 N–H and O–H groups in total. The van der Waals surface area contributed by atoms with Gasteiger partial charge < -0.3 is 15.8 Å². The fraction of sp³-hybridized carbons (Fsp3) is 0.353. The molecule has 1 heterocycles. The van der Waals surface area contributed by atoms with E-state index in [1.165, 1.54) is 0 Å². The summed E-state index contributed by atoms with van der Waals surface area (Å²) in [5.74, 6) is 1.61. The van der Waals surface area contributed by atoms with Crippen LogP contribution in [-0.2, 0) is 4.79 Å². The van der Waals surface area contributed by atoms with Gasteiger partial charge in [0.2, 0.25) is 5.91 Å². The molecule has 0 fully saturated rings. The van der Waals surface area contributed by atoms with E-state index < -0.39 is 0 Å². The zero-order valence-electron chi connectivity index (χ0n) is 14.2. The van der Waals surface area contributed by atoms with E-state index in [4.69, 9.17) is 10.5 Å². The van der Waals surface area contributed by atoms with E-state index in [1.807, 2.05) is 36.9 Å². The van der Waals surface area contributed by atoms with E-state index in [0.717, 1.165) is 0 Å². The minimum absolute atomic E-state index is 0.110. The molecule has 0 saturated carbocycles. The lowest BCUT2D eigenvalue weighted by Gasteiger charge is -2.26. The van der Waals surface area contributed by atoms with Crippen LogP contribution in [0, 0.1) is 0 Å². The number of nitrogens with two attached hydrogens (primary N) is 1. The standard InChI is InChI=1S/C17H23N5O2/c1-4-22(12(2)17-19-9-8-15(18)21-17)11-16(23)20-13-6-5-7-14(10-13)24-3/h5-10,12H,4,11H2,1-3H3,(H,20,23)(H2,18,19,21)/t12-/m1/s1. The Bertz CT molecular complexity index is 692. The fourth-order valence-electron chi connectivity index (χ4n) is 2.36.